The third-order valence-corrected chi connectivity index (χ3v) is 3.01. The van der Waals surface area contributed by atoms with E-state index in [2.05, 4.69) is 43.4 Å². The van der Waals surface area contributed by atoms with Crippen molar-refractivity contribution < 1.29 is 4.74 Å². The van der Waals surface area contributed by atoms with Gasteiger partial charge in [0.2, 0.25) is 0 Å². The van der Waals surface area contributed by atoms with Gasteiger partial charge in [-0.1, -0.05) is 31.2 Å². The van der Waals surface area contributed by atoms with Crippen LogP contribution in [0.4, 0.5) is 0 Å². The number of rotatable bonds is 3. The van der Waals surface area contributed by atoms with Crippen molar-refractivity contribution in [3.63, 3.8) is 0 Å². The van der Waals surface area contributed by atoms with E-state index < -0.39 is 0 Å². The lowest BCUT2D eigenvalue weighted by Gasteiger charge is -2.30. The Morgan fingerprint density at radius 2 is 2.27 bits per heavy atom. The van der Waals surface area contributed by atoms with Gasteiger partial charge in [-0.05, 0) is 31.0 Å². The van der Waals surface area contributed by atoms with Crippen molar-refractivity contribution in [1.29, 1.82) is 0 Å². The van der Waals surface area contributed by atoms with E-state index in [-0.39, 0.29) is 6.10 Å². The van der Waals surface area contributed by atoms with Gasteiger partial charge >= 0.3 is 0 Å². The Labute approximate surface area is 91.6 Å². The van der Waals surface area contributed by atoms with Crippen LogP contribution in [-0.4, -0.2) is 19.2 Å². The van der Waals surface area contributed by atoms with Crippen molar-refractivity contribution in [3.05, 3.63) is 35.4 Å². The van der Waals surface area contributed by atoms with Crippen molar-refractivity contribution in [2.75, 3.05) is 13.2 Å². The van der Waals surface area contributed by atoms with Crippen LogP contribution in [0.5, 0.6) is 0 Å². The molecule has 0 aliphatic carbocycles. The van der Waals surface area contributed by atoms with Gasteiger partial charge in [-0.3, -0.25) is 0 Å². The van der Waals surface area contributed by atoms with Crippen molar-refractivity contribution >= 4 is 0 Å². The molecule has 0 spiro atoms. The maximum Gasteiger partial charge on any atom is 0.0977 e. The SMILES string of the molecule is CCNC(C)C1OCCc2ccccc21. The van der Waals surface area contributed by atoms with Gasteiger partial charge in [-0.2, -0.15) is 0 Å². The lowest BCUT2D eigenvalue weighted by Crippen LogP contribution is -2.35. The molecule has 0 fully saturated rings. The molecule has 0 saturated carbocycles. The molecule has 2 atom stereocenters. The first kappa shape index (κ1) is 10.7. The molecule has 0 saturated heterocycles. The minimum absolute atomic E-state index is 0.218. The van der Waals surface area contributed by atoms with Gasteiger partial charge in [0.1, 0.15) is 0 Å². The summed E-state index contributed by atoms with van der Waals surface area (Å²) in [5, 5.41) is 3.43. The molecule has 1 aromatic carbocycles. The Kier molecular flexibility index (Phi) is 3.39. The van der Waals surface area contributed by atoms with E-state index in [1.165, 1.54) is 11.1 Å². The third-order valence-electron chi connectivity index (χ3n) is 3.01. The van der Waals surface area contributed by atoms with E-state index in [0.29, 0.717) is 6.04 Å². The monoisotopic (exact) mass is 205 g/mol. The third kappa shape index (κ3) is 2.21. The normalized spacial score (nSPS) is 22.1. The zero-order chi connectivity index (χ0) is 10.7. The summed E-state index contributed by atoms with van der Waals surface area (Å²) < 4.78 is 5.86. The fourth-order valence-electron chi connectivity index (χ4n) is 2.27. The molecule has 1 aliphatic heterocycles. The first-order valence-corrected chi connectivity index (χ1v) is 5.75. The Morgan fingerprint density at radius 3 is 3.07 bits per heavy atom. The molecule has 1 aromatic rings. The topological polar surface area (TPSA) is 21.3 Å². The molecule has 0 amide bonds. The second-order valence-electron chi connectivity index (χ2n) is 4.09. The van der Waals surface area contributed by atoms with Gasteiger partial charge in [0.25, 0.3) is 0 Å². The quantitative estimate of drug-likeness (QED) is 0.817. The van der Waals surface area contributed by atoms with Crippen LogP contribution in [-0.2, 0) is 11.2 Å². The largest absolute Gasteiger partial charge is 0.372 e. The molecule has 2 heteroatoms. The van der Waals surface area contributed by atoms with E-state index in [4.69, 9.17) is 4.74 Å². The van der Waals surface area contributed by atoms with Crippen LogP contribution in [0.25, 0.3) is 0 Å². The molecular formula is C13H19NO. The highest BCUT2D eigenvalue weighted by Crippen LogP contribution is 2.29. The number of hydrogen-bond acceptors (Lipinski definition) is 2. The summed E-state index contributed by atoms with van der Waals surface area (Å²) in [4.78, 5) is 0. The number of nitrogens with one attached hydrogen (secondary N) is 1. The molecule has 82 valence electrons. The second-order valence-corrected chi connectivity index (χ2v) is 4.09. The van der Waals surface area contributed by atoms with Crippen LogP contribution in [0.2, 0.25) is 0 Å². The van der Waals surface area contributed by atoms with Crippen LogP contribution >= 0.6 is 0 Å². The summed E-state index contributed by atoms with van der Waals surface area (Å²) in [6.45, 7) is 6.15. The van der Waals surface area contributed by atoms with Crippen LogP contribution < -0.4 is 5.32 Å². The number of hydrogen-bond donors (Lipinski definition) is 1. The van der Waals surface area contributed by atoms with E-state index in [1.807, 2.05) is 0 Å². The maximum atomic E-state index is 5.86. The van der Waals surface area contributed by atoms with Crippen molar-refractivity contribution in [2.24, 2.45) is 0 Å². The summed E-state index contributed by atoms with van der Waals surface area (Å²) >= 11 is 0. The lowest BCUT2D eigenvalue weighted by molar-refractivity contribution is 0.0201. The number of fused-ring (bicyclic) bond motifs is 1. The van der Waals surface area contributed by atoms with Gasteiger partial charge in [0.15, 0.2) is 0 Å². The predicted octanol–water partition coefficient (Wildman–Crippen LogP) is 2.30. The highest BCUT2D eigenvalue weighted by Gasteiger charge is 2.24. The second kappa shape index (κ2) is 4.77. The number of likely N-dealkylation sites (N-methyl/N-ethyl adjacent to an activating group) is 1. The Bertz CT molecular complexity index is 324. The molecule has 2 unspecified atom stereocenters. The minimum atomic E-state index is 0.218. The molecule has 2 nitrogen and oxygen atoms in total. The molecule has 2 rings (SSSR count). The summed E-state index contributed by atoms with van der Waals surface area (Å²) in [6, 6.07) is 8.99. The summed E-state index contributed by atoms with van der Waals surface area (Å²) in [6.07, 6.45) is 1.26. The highest BCUT2D eigenvalue weighted by atomic mass is 16.5. The van der Waals surface area contributed by atoms with Gasteiger partial charge in [-0.15, -0.1) is 0 Å². The smallest absolute Gasteiger partial charge is 0.0977 e. The lowest BCUT2D eigenvalue weighted by atomic mass is 9.94. The van der Waals surface area contributed by atoms with Crippen molar-refractivity contribution in [1.82, 2.24) is 5.32 Å². The molecule has 1 heterocycles. The maximum absolute atomic E-state index is 5.86. The molecule has 1 aliphatic rings. The molecule has 0 aromatic heterocycles. The van der Waals surface area contributed by atoms with Crippen LogP contribution in [0, 0.1) is 0 Å². The molecule has 15 heavy (non-hydrogen) atoms. The van der Waals surface area contributed by atoms with Gasteiger partial charge in [0.05, 0.1) is 12.7 Å². The zero-order valence-corrected chi connectivity index (χ0v) is 9.49. The Morgan fingerprint density at radius 1 is 1.47 bits per heavy atom. The standard InChI is InChI=1S/C13H19NO/c1-3-14-10(2)13-12-7-5-4-6-11(12)8-9-15-13/h4-7,10,13-14H,3,8-9H2,1-2H3. The minimum Gasteiger partial charge on any atom is -0.372 e. The molecule has 0 radical (unpaired) electrons. The van der Waals surface area contributed by atoms with Crippen LogP contribution in [0.15, 0.2) is 24.3 Å². The molecule has 0 bridgehead atoms. The fourth-order valence-corrected chi connectivity index (χ4v) is 2.27. The zero-order valence-electron chi connectivity index (χ0n) is 9.49. The van der Waals surface area contributed by atoms with Crippen LogP contribution in [0.3, 0.4) is 0 Å². The van der Waals surface area contributed by atoms with Gasteiger partial charge in [0, 0.05) is 6.04 Å². The van der Waals surface area contributed by atoms with E-state index in [9.17, 15) is 0 Å². The van der Waals surface area contributed by atoms with Crippen LogP contribution in [0.1, 0.15) is 31.1 Å². The van der Waals surface area contributed by atoms with E-state index >= 15 is 0 Å². The average molecular weight is 205 g/mol. The molecular weight excluding hydrogens is 186 g/mol. The summed E-state index contributed by atoms with van der Waals surface area (Å²) in [5.41, 5.74) is 2.80. The average Bonchev–Trinajstić information content (AvgIpc) is 2.28. The highest BCUT2D eigenvalue weighted by molar-refractivity contribution is 5.31. The van der Waals surface area contributed by atoms with Gasteiger partial charge < -0.3 is 10.1 Å². The van der Waals surface area contributed by atoms with Gasteiger partial charge in [-0.25, -0.2) is 0 Å². The van der Waals surface area contributed by atoms with E-state index in [1.54, 1.807) is 0 Å². The first-order chi connectivity index (χ1) is 7.33. The Balaban J connectivity index is 2.21. The summed E-state index contributed by atoms with van der Waals surface area (Å²) in [7, 11) is 0. The number of ether oxygens (including phenoxy) is 1. The van der Waals surface area contributed by atoms with E-state index in [0.717, 1.165) is 19.6 Å². The molecule has 1 N–H and O–H groups in total. The summed E-state index contributed by atoms with van der Waals surface area (Å²) in [5.74, 6) is 0. The van der Waals surface area contributed by atoms with Crippen molar-refractivity contribution in [2.45, 2.75) is 32.4 Å². The first-order valence-electron chi connectivity index (χ1n) is 5.75. The Hall–Kier alpha value is -0.860. The fraction of sp³-hybridized carbons (Fsp3) is 0.538. The number of benzene rings is 1. The van der Waals surface area contributed by atoms with Crippen molar-refractivity contribution in [3.8, 4) is 0 Å². The predicted molar refractivity (Wildman–Crippen MR) is 62.0 cm³/mol.